The Morgan fingerprint density at radius 3 is 2.38 bits per heavy atom. The van der Waals surface area contributed by atoms with Crippen molar-refractivity contribution in [2.75, 3.05) is 0 Å². The van der Waals surface area contributed by atoms with Crippen molar-refractivity contribution in [3.63, 3.8) is 0 Å². The van der Waals surface area contributed by atoms with E-state index in [1.54, 1.807) is 0 Å². The van der Waals surface area contributed by atoms with Crippen molar-refractivity contribution < 1.29 is 9.90 Å². The predicted octanol–water partition coefficient (Wildman–Crippen LogP) is -0.228. The van der Waals surface area contributed by atoms with Gasteiger partial charge in [-0.05, 0) is 31.6 Å². The van der Waals surface area contributed by atoms with Gasteiger partial charge in [-0.3, -0.25) is 4.79 Å². The van der Waals surface area contributed by atoms with Crippen LogP contribution in [0.1, 0.15) is 25.7 Å². The third kappa shape index (κ3) is 4.45. The Morgan fingerprint density at radius 2 is 2.00 bits per heavy atom. The second-order valence-electron chi connectivity index (χ2n) is 3.50. The fourth-order valence-corrected chi connectivity index (χ4v) is 1.25. The summed E-state index contributed by atoms with van der Waals surface area (Å²) in [6.07, 6.45) is 2.44. The number of amides is 1. The van der Waals surface area contributed by atoms with Crippen LogP contribution in [0.4, 0.5) is 0 Å². The number of aliphatic hydroxyl groups is 1. The van der Waals surface area contributed by atoms with Crippen LogP contribution >= 0.6 is 12.4 Å². The number of hydrogen-bond donors (Lipinski definition) is 3. The number of halogens is 1. The van der Waals surface area contributed by atoms with Gasteiger partial charge in [-0.1, -0.05) is 0 Å². The van der Waals surface area contributed by atoms with Gasteiger partial charge in [-0.2, -0.15) is 0 Å². The lowest BCUT2D eigenvalue weighted by atomic mass is 10.0. The van der Waals surface area contributed by atoms with E-state index in [1.165, 1.54) is 12.8 Å². The first-order valence-electron chi connectivity index (χ1n) is 4.34. The van der Waals surface area contributed by atoms with Crippen LogP contribution in [0.5, 0.6) is 0 Å². The highest BCUT2D eigenvalue weighted by atomic mass is 35.5. The van der Waals surface area contributed by atoms with Gasteiger partial charge in [-0.15, -0.1) is 12.4 Å². The third-order valence-electron chi connectivity index (χ3n) is 2.33. The lowest BCUT2D eigenvalue weighted by Crippen LogP contribution is -2.31. The first-order valence-corrected chi connectivity index (χ1v) is 4.34. The maximum Gasteiger partial charge on any atom is 0.246 e. The van der Waals surface area contributed by atoms with Crippen molar-refractivity contribution in [1.29, 1.82) is 0 Å². The molecule has 0 aromatic rings. The highest BCUT2D eigenvalue weighted by molar-refractivity contribution is 5.85. The normalized spacial score (nSPS) is 20.2. The molecule has 13 heavy (non-hydrogen) atoms. The first kappa shape index (κ1) is 12.7. The van der Waals surface area contributed by atoms with E-state index in [0.717, 1.165) is 0 Å². The zero-order chi connectivity index (χ0) is 9.14. The number of carbonyl (C=O) groups is 1. The highest BCUT2D eigenvalue weighted by Crippen LogP contribution is 2.33. The summed E-state index contributed by atoms with van der Waals surface area (Å²) in [6.45, 7) is 0. The van der Waals surface area contributed by atoms with Crippen molar-refractivity contribution in [3.05, 3.63) is 0 Å². The largest absolute Gasteiger partial charge is 0.383 e. The van der Waals surface area contributed by atoms with Crippen molar-refractivity contribution >= 4 is 18.3 Å². The molecule has 1 rings (SSSR count). The molecular weight excluding hydrogens is 192 g/mol. The molecule has 0 saturated heterocycles. The number of rotatable bonds is 5. The minimum absolute atomic E-state index is 0. The second kappa shape index (κ2) is 5.42. The minimum Gasteiger partial charge on any atom is -0.383 e. The molecule has 0 radical (unpaired) electrons. The van der Waals surface area contributed by atoms with Crippen LogP contribution in [0.2, 0.25) is 0 Å². The summed E-state index contributed by atoms with van der Waals surface area (Å²) in [5, 5.41) is 9.05. The lowest BCUT2D eigenvalue weighted by molar-refractivity contribution is -0.126. The molecule has 1 aliphatic carbocycles. The number of carbonyl (C=O) groups excluding carboxylic acids is 1. The monoisotopic (exact) mass is 208 g/mol. The molecule has 0 aliphatic heterocycles. The molecule has 0 aromatic heterocycles. The smallest absolute Gasteiger partial charge is 0.246 e. The van der Waals surface area contributed by atoms with Crippen LogP contribution in [0.15, 0.2) is 0 Å². The SMILES string of the molecule is Cl.NC(=O)C(O)CCC(N)C1CC1. The van der Waals surface area contributed by atoms with E-state index in [0.29, 0.717) is 18.8 Å². The van der Waals surface area contributed by atoms with E-state index in [9.17, 15) is 4.79 Å². The molecule has 2 unspecified atom stereocenters. The molecule has 0 heterocycles. The Kier molecular flexibility index (Phi) is 5.29. The van der Waals surface area contributed by atoms with Gasteiger partial charge in [0, 0.05) is 6.04 Å². The van der Waals surface area contributed by atoms with Gasteiger partial charge >= 0.3 is 0 Å². The van der Waals surface area contributed by atoms with Gasteiger partial charge in [-0.25, -0.2) is 0 Å². The molecular formula is C8H17ClN2O2. The summed E-state index contributed by atoms with van der Waals surface area (Å²) in [7, 11) is 0. The molecule has 1 saturated carbocycles. The van der Waals surface area contributed by atoms with E-state index in [2.05, 4.69) is 0 Å². The van der Waals surface area contributed by atoms with Crippen LogP contribution in [0, 0.1) is 5.92 Å². The number of hydrogen-bond acceptors (Lipinski definition) is 3. The molecule has 5 N–H and O–H groups in total. The Morgan fingerprint density at radius 1 is 1.46 bits per heavy atom. The average molecular weight is 209 g/mol. The summed E-state index contributed by atoms with van der Waals surface area (Å²) in [6, 6.07) is 0.138. The van der Waals surface area contributed by atoms with Gasteiger partial charge in [0.15, 0.2) is 0 Å². The number of primary amides is 1. The van der Waals surface area contributed by atoms with Crippen molar-refractivity contribution in [2.45, 2.75) is 37.8 Å². The molecule has 78 valence electrons. The molecule has 0 aromatic carbocycles. The number of aliphatic hydroxyl groups excluding tert-OH is 1. The van der Waals surface area contributed by atoms with Crippen LogP contribution in [-0.2, 0) is 4.79 Å². The standard InChI is InChI=1S/C8H16N2O2.ClH/c9-6(5-1-2-5)3-4-7(11)8(10)12;/h5-7,11H,1-4,9H2,(H2,10,12);1H. The molecule has 0 bridgehead atoms. The van der Waals surface area contributed by atoms with E-state index in [-0.39, 0.29) is 18.4 Å². The van der Waals surface area contributed by atoms with Gasteiger partial charge in [0.2, 0.25) is 5.91 Å². The van der Waals surface area contributed by atoms with E-state index >= 15 is 0 Å². The van der Waals surface area contributed by atoms with Crippen molar-refractivity contribution in [1.82, 2.24) is 0 Å². The number of nitrogens with two attached hydrogens (primary N) is 2. The lowest BCUT2D eigenvalue weighted by Gasteiger charge is -2.11. The predicted molar refractivity (Wildman–Crippen MR) is 52.4 cm³/mol. The maximum atomic E-state index is 10.4. The Balaban J connectivity index is 0.00000144. The minimum atomic E-state index is -1.02. The van der Waals surface area contributed by atoms with Crippen molar-refractivity contribution in [2.24, 2.45) is 17.4 Å². The van der Waals surface area contributed by atoms with Crippen LogP contribution in [-0.4, -0.2) is 23.2 Å². The first-order chi connectivity index (χ1) is 5.61. The zero-order valence-corrected chi connectivity index (χ0v) is 8.30. The Labute approximate surface area is 84.1 Å². The van der Waals surface area contributed by atoms with E-state index in [1.807, 2.05) is 0 Å². The summed E-state index contributed by atoms with van der Waals surface area (Å²) in [5.74, 6) is -0.0388. The molecule has 0 spiro atoms. The molecule has 4 nitrogen and oxygen atoms in total. The van der Waals surface area contributed by atoms with Gasteiger partial charge in [0.05, 0.1) is 0 Å². The summed E-state index contributed by atoms with van der Waals surface area (Å²) >= 11 is 0. The summed E-state index contributed by atoms with van der Waals surface area (Å²) in [4.78, 5) is 10.4. The Hall–Kier alpha value is -0.320. The van der Waals surface area contributed by atoms with Crippen molar-refractivity contribution in [3.8, 4) is 0 Å². The van der Waals surface area contributed by atoms with E-state index < -0.39 is 12.0 Å². The average Bonchev–Trinajstić information content (AvgIpc) is 2.81. The molecule has 1 aliphatic rings. The Bertz CT molecular complexity index is 174. The molecule has 5 heteroatoms. The fourth-order valence-electron chi connectivity index (χ4n) is 1.25. The summed E-state index contributed by atoms with van der Waals surface area (Å²) < 4.78 is 0. The van der Waals surface area contributed by atoms with Gasteiger partial charge in [0.1, 0.15) is 6.10 Å². The molecule has 1 fully saturated rings. The molecule has 1 amide bonds. The zero-order valence-electron chi connectivity index (χ0n) is 7.48. The second-order valence-corrected chi connectivity index (χ2v) is 3.50. The summed E-state index contributed by atoms with van der Waals surface area (Å²) in [5.41, 5.74) is 10.6. The topological polar surface area (TPSA) is 89.3 Å². The van der Waals surface area contributed by atoms with Crippen LogP contribution in [0.3, 0.4) is 0 Å². The fraction of sp³-hybridized carbons (Fsp3) is 0.875. The quantitative estimate of drug-likeness (QED) is 0.583. The van der Waals surface area contributed by atoms with Gasteiger partial charge in [0.25, 0.3) is 0 Å². The third-order valence-corrected chi connectivity index (χ3v) is 2.33. The molecule has 2 atom stereocenters. The van der Waals surface area contributed by atoms with E-state index in [4.69, 9.17) is 16.6 Å². The maximum absolute atomic E-state index is 10.4. The van der Waals surface area contributed by atoms with Crippen LogP contribution in [0.25, 0.3) is 0 Å². The van der Waals surface area contributed by atoms with Crippen LogP contribution < -0.4 is 11.5 Å². The highest BCUT2D eigenvalue weighted by Gasteiger charge is 2.28. The van der Waals surface area contributed by atoms with Gasteiger partial charge < -0.3 is 16.6 Å².